The Kier molecular flexibility index (Phi) is 6.92. The molecule has 0 atom stereocenters. The summed E-state index contributed by atoms with van der Waals surface area (Å²) >= 11 is 0. The van der Waals surface area contributed by atoms with Gasteiger partial charge in [0.05, 0.1) is 11.3 Å². The number of piperidine rings is 1. The number of rotatable bonds is 5. The van der Waals surface area contributed by atoms with Crippen LogP contribution in [-0.4, -0.2) is 42.0 Å². The van der Waals surface area contributed by atoms with Crippen molar-refractivity contribution in [2.45, 2.75) is 50.6 Å². The van der Waals surface area contributed by atoms with Crippen molar-refractivity contribution in [1.82, 2.24) is 20.9 Å². The maximum absolute atomic E-state index is 13.4. The molecule has 2 heterocycles. The van der Waals surface area contributed by atoms with Crippen LogP contribution >= 0.6 is 0 Å². The predicted octanol–water partition coefficient (Wildman–Crippen LogP) is 3.04. The molecule has 2 aliphatic rings. The van der Waals surface area contributed by atoms with Crippen LogP contribution in [0.1, 0.15) is 48.9 Å². The van der Waals surface area contributed by atoms with Crippen molar-refractivity contribution >= 4 is 11.8 Å². The van der Waals surface area contributed by atoms with Crippen molar-refractivity contribution in [1.29, 1.82) is 0 Å². The van der Waals surface area contributed by atoms with Crippen molar-refractivity contribution < 1.29 is 14.0 Å². The number of hydrogen-bond donors (Lipinski definition) is 3. The average Bonchev–Trinajstić information content (AvgIpc) is 2.80. The third-order valence-corrected chi connectivity index (χ3v) is 6.26. The van der Waals surface area contributed by atoms with E-state index < -0.39 is 0 Å². The molecule has 6 nitrogen and oxygen atoms in total. The summed E-state index contributed by atoms with van der Waals surface area (Å²) in [4.78, 5) is 29.4. The van der Waals surface area contributed by atoms with Gasteiger partial charge in [0.1, 0.15) is 5.82 Å². The Balaban J connectivity index is 1.25. The molecule has 164 valence electrons. The second-order valence-electron chi connectivity index (χ2n) is 8.50. The summed E-state index contributed by atoms with van der Waals surface area (Å²) in [6, 6.07) is 10.0. The van der Waals surface area contributed by atoms with E-state index in [9.17, 15) is 14.0 Å². The summed E-state index contributed by atoms with van der Waals surface area (Å²) in [7, 11) is 0. The molecular weight excluding hydrogens is 395 g/mol. The standard InChI is InChI=1S/C24H29FN4O2/c25-19-3-1-2-17(14-19)22-9-6-18(15-27-22)24(31)28-20-7-4-16(5-8-20)23(30)29-21-10-12-26-13-11-21/h1-3,6,9,14-16,20-21,26H,4-5,7-8,10-13H2,(H,28,31)(H,29,30)/t16-,20-. The molecule has 1 saturated carbocycles. The molecule has 1 aromatic heterocycles. The normalized spacial score (nSPS) is 22.0. The minimum atomic E-state index is -0.318. The zero-order chi connectivity index (χ0) is 21.6. The molecule has 0 unspecified atom stereocenters. The first-order valence-corrected chi connectivity index (χ1v) is 11.1. The number of amides is 2. The minimum Gasteiger partial charge on any atom is -0.353 e. The quantitative estimate of drug-likeness (QED) is 0.689. The van der Waals surface area contributed by atoms with E-state index in [1.54, 1.807) is 24.3 Å². The van der Waals surface area contributed by atoms with Crippen LogP contribution in [-0.2, 0) is 4.79 Å². The van der Waals surface area contributed by atoms with Gasteiger partial charge in [0.2, 0.25) is 5.91 Å². The van der Waals surface area contributed by atoms with Crippen LogP contribution in [0, 0.1) is 11.7 Å². The van der Waals surface area contributed by atoms with Gasteiger partial charge in [-0.3, -0.25) is 14.6 Å². The van der Waals surface area contributed by atoms with Crippen LogP contribution in [0.15, 0.2) is 42.6 Å². The van der Waals surface area contributed by atoms with E-state index in [-0.39, 0.29) is 35.6 Å². The fraction of sp³-hybridized carbons (Fsp3) is 0.458. The smallest absolute Gasteiger partial charge is 0.253 e. The van der Waals surface area contributed by atoms with E-state index >= 15 is 0 Å². The number of pyridine rings is 1. The largest absolute Gasteiger partial charge is 0.353 e. The third-order valence-electron chi connectivity index (χ3n) is 6.26. The van der Waals surface area contributed by atoms with Gasteiger partial charge in [-0.2, -0.15) is 0 Å². The van der Waals surface area contributed by atoms with Crippen molar-refractivity contribution in [3.8, 4) is 11.3 Å². The summed E-state index contributed by atoms with van der Waals surface area (Å²) in [5.41, 5.74) is 1.77. The van der Waals surface area contributed by atoms with E-state index in [0.717, 1.165) is 51.6 Å². The molecule has 31 heavy (non-hydrogen) atoms. The van der Waals surface area contributed by atoms with Crippen LogP contribution in [0.4, 0.5) is 4.39 Å². The number of hydrogen-bond acceptors (Lipinski definition) is 4. The Morgan fingerprint density at radius 1 is 0.935 bits per heavy atom. The maximum Gasteiger partial charge on any atom is 0.253 e. The van der Waals surface area contributed by atoms with Gasteiger partial charge in [0.15, 0.2) is 0 Å². The van der Waals surface area contributed by atoms with E-state index in [4.69, 9.17) is 0 Å². The molecule has 1 aromatic carbocycles. The molecular formula is C24H29FN4O2. The van der Waals surface area contributed by atoms with Gasteiger partial charge in [-0.15, -0.1) is 0 Å². The highest BCUT2D eigenvalue weighted by Crippen LogP contribution is 2.25. The number of benzene rings is 1. The fourth-order valence-corrected chi connectivity index (χ4v) is 4.40. The highest BCUT2D eigenvalue weighted by Gasteiger charge is 2.28. The SMILES string of the molecule is O=C(N[C@H]1CC[C@H](C(=O)NC2CCNCC2)CC1)c1ccc(-c2cccc(F)c2)nc1. The lowest BCUT2D eigenvalue weighted by Crippen LogP contribution is -2.46. The topological polar surface area (TPSA) is 83.1 Å². The Morgan fingerprint density at radius 2 is 1.68 bits per heavy atom. The minimum absolute atomic E-state index is 0.0373. The van der Waals surface area contributed by atoms with Crippen LogP contribution in [0.25, 0.3) is 11.3 Å². The number of nitrogens with zero attached hydrogens (tertiary/aromatic N) is 1. The first-order valence-electron chi connectivity index (χ1n) is 11.1. The summed E-state index contributed by atoms with van der Waals surface area (Å²) in [6.07, 6.45) is 6.67. The molecule has 3 N–H and O–H groups in total. The Labute approximate surface area is 182 Å². The van der Waals surface area contributed by atoms with Crippen molar-refractivity contribution in [3.63, 3.8) is 0 Å². The van der Waals surface area contributed by atoms with E-state index in [1.807, 2.05) is 0 Å². The molecule has 0 radical (unpaired) electrons. The van der Waals surface area contributed by atoms with Crippen molar-refractivity contribution in [2.24, 2.45) is 5.92 Å². The van der Waals surface area contributed by atoms with E-state index in [2.05, 4.69) is 20.9 Å². The first-order chi connectivity index (χ1) is 15.1. The molecule has 2 amide bonds. The van der Waals surface area contributed by atoms with Gasteiger partial charge in [0, 0.05) is 29.8 Å². The number of carbonyl (C=O) groups excluding carboxylic acids is 2. The molecule has 1 aliphatic carbocycles. The molecule has 4 rings (SSSR count). The van der Waals surface area contributed by atoms with Crippen LogP contribution in [0.5, 0.6) is 0 Å². The van der Waals surface area contributed by atoms with Gasteiger partial charge < -0.3 is 16.0 Å². The highest BCUT2D eigenvalue weighted by atomic mass is 19.1. The molecule has 0 spiro atoms. The lowest BCUT2D eigenvalue weighted by atomic mass is 9.85. The number of aromatic nitrogens is 1. The van der Waals surface area contributed by atoms with Crippen molar-refractivity contribution in [2.75, 3.05) is 13.1 Å². The number of halogens is 1. The Morgan fingerprint density at radius 3 is 2.35 bits per heavy atom. The summed E-state index contributed by atoms with van der Waals surface area (Å²) in [6.45, 7) is 1.92. The molecule has 2 fully saturated rings. The first kappa shape index (κ1) is 21.4. The third kappa shape index (κ3) is 5.67. The number of carbonyl (C=O) groups is 2. The second kappa shape index (κ2) is 10.0. The zero-order valence-corrected chi connectivity index (χ0v) is 17.6. The average molecular weight is 425 g/mol. The monoisotopic (exact) mass is 424 g/mol. The van der Waals surface area contributed by atoms with Crippen LogP contribution in [0.3, 0.4) is 0 Å². The maximum atomic E-state index is 13.4. The molecule has 1 saturated heterocycles. The Hall–Kier alpha value is -2.80. The number of nitrogens with one attached hydrogen (secondary N) is 3. The van der Waals surface area contributed by atoms with E-state index in [0.29, 0.717) is 16.8 Å². The van der Waals surface area contributed by atoms with Gasteiger partial charge >= 0.3 is 0 Å². The van der Waals surface area contributed by atoms with Crippen LogP contribution < -0.4 is 16.0 Å². The lowest BCUT2D eigenvalue weighted by Gasteiger charge is -2.30. The van der Waals surface area contributed by atoms with E-state index in [1.165, 1.54) is 18.3 Å². The molecule has 7 heteroatoms. The van der Waals surface area contributed by atoms with Gasteiger partial charge in [-0.05, 0) is 75.9 Å². The van der Waals surface area contributed by atoms with Gasteiger partial charge in [-0.25, -0.2) is 4.39 Å². The fourth-order valence-electron chi connectivity index (χ4n) is 4.40. The predicted molar refractivity (Wildman–Crippen MR) is 117 cm³/mol. The Bertz CT molecular complexity index is 904. The lowest BCUT2D eigenvalue weighted by molar-refractivity contribution is -0.126. The van der Waals surface area contributed by atoms with Gasteiger partial charge in [-0.1, -0.05) is 12.1 Å². The zero-order valence-electron chi connectivity index (χ0n) is 17.6. The van der Waals surface area contributed by atoms with Crippen molar-refractivity contribution in [3.05, 3.63) is 54.0 Å². The molecule has 2 aromatic rings. The highest BCUT2D eigenvalue weighted by molar-refractivity contribution is 5.94. The van der Waals surface area contributed by atoms with Crippen LogP contribution in [0.2, 0.25) is 0 Å². The summed E-state index contributed by atoms with van der Waals surface area (Å²) in [5, 5.41) is 9.57. The summed E-state index contributed by atoms with van der Waals surface area (Å²) < 4.78 is 13.4. The van der Waals surface area contributed by atoms with Gasteiger partial charge in [0.25, 0.3) is 5.91 Å². The molecule has 0 bridgehead atoms. The summed E-state index contributed by atoms with van der Waals surface area (Å²) in [5.74, 6) is -0.286. The second-order valence-corrected chi connectivity index (χ2v) is 8.50. The molecule has 1 aliphatic heterocycles.